The van der Waals surface area contributed by atoms with Crippen molar-refractivity contribution in [3.63, 3.8) is 0 Å². The minimum Gasteiger partial charge on any atom is -0.406 e. The van der Waals surface area contributed by atoms with E-state index >= 15 is 0 Å². The molecule has 1 aliphatic rings. The molecular formula is C19H19ClF3NO2. The number of alkyl halides is 3. The van der Waals surface area contributed by atoms with Gasteiger partial charge in [-0.2, -0.15) is 0 Å². The maximum Gasteiger partial charge on any atom is 0.573 e. The molecule has 1 aliphatic heterocycles. The first-order valence-electron chi connectivity index (χ1n) is 8.07. The van der Waals surface area contributed by atoms with Crippen molar-refractivity contribution in [1.82, 2.24) is 4.90 Å². The minimum absolute atomic E-state index is 0.324. The molecule has 1 N–H and O–H groups in total. The fourth-order valence-corrected chi connectivity index (χ4v) is 3.95. The number of hydrogen-bond donors (Lipinski definition) is 1. The first-order valence-corrected chi connectivity index (χ1v) is 8.45. The Morgan fingerprint density at radius 1 is 1.00 bits per heavy atom. The van der Waals surface area contributed by atoms with E-state index < -0.39 is 17.4 Å². The highest BCUT2D eigenvalue weighted by molar-refractivity contribution is 6.30. The third-order valence-corrected chi connectivity index (χ3v) is 5.13. The van der Waals surface area contributed by atoms with E-state index in [9.17, 15) is 18.3 Å². The van der Waals surface area contributed by atoms with Gasteiger partial charge in [-0.15, -0.1) is 13.2 Å². The van der Waals surface area contributed by atoms with Gasteiger partial charge >= 0.3 is 6.36 Å². The van der Waals surface area contributed by atoms with Crippen molar-refractivity contribution in [2.75, 3.05) is 20.1 Å². The molecule has 1 atom stereocenters. The first kappa shape index (κ1) is 19.0. The molecule has 2 aromatic carbocycles. The van der Waals surface area contributed by atoms with Crippen LogP contribution in [0.4, 0.5) is 13.2 Å². The zero-order valence-corrected chi connectivity index (χ0v) is 15.1. The van der Waals surface area contributed by atoms with Crippen LogP contribution in [0.15, 0.2) is 48.5 Å². The molecule has 2 aromatic rings. The average Bonchev–Trinajstić information content (AvgIpc) is 2.52. The van der Waals surface area contributed by atoms with Gasteiger partial charge in [0.05, 0.1) is 0 Å². The molecule has 0 radical (unpaired) electrons. The van der Waals surface area contributed by atoms with Crippen LogP contribution in [-0.2, 0) is 5.60 Å². The zero-order chi connectivity index (χ0) is 19.2. The van der Waals surface area contributed by atoms with Crippen LogP contribution in [-0.4, -0.2) is 36.5 Å². The van der Waals surface area contributed by atoms with Gasteiger partial charge in [-0.3, -0.25) is 0 Å². The van der Waals surface area contributed by atoms with Crippen LogP contribution >= 0.6 is 11.6 Å². The Morgan fingerprint density at radius 3 is 1.88 bits per heavy atom. The van der Waals surface area contributed by atoms with E-state index in [0.29, 0.717) is 29.2 Å². The van der Waals surface area contributed by atoms with Crippen molar-refractivity contribution in [2.24, 2.45) is 5.41 Å². The Hall–Kier alpha value is -1.76. The van der Waals surface area contributed by atoms with Crippen LogP contribution < -0.4 is 4.74 Å². The number of hydrogen-bond acceptors (Lipinski definition) is 3. The standard InChI is InChI=1S/C19H19ClF3NO2/c1-17(11-24(2)12-17)18(25,13-3-7-15(20)8-4-13)14-5-9-16(10-6-14)26-19(21,22)23/h3-10,25H,11-12H2,1-2H3. The lowest BCUT2D eigenvalue weighted by atomic mass is 9.62. The largest absolute Gasteiger partial charge is 0.573 e. The highest BCUT2D eigenvalue weighted by Crippen LogP contribution is 2.50. The van der Waals surface area contributed by atoms with E-state index in [1.807, 2.05) is 14.0 Å². The molecule has 1 heterocycles. The quantitative estimate of drug-likeness (QED) is 0.845. The van der Waals surface area contributed by atoms with Crippen LogP contribution in [0.2, 0.25) is 5.02 Å². The highest BCUT2D eigenvalue weighted by Gasteiger charge is 2.55. The summed E-state index contributed by atoms with van der Waals surface area (Å²) in [5.41, 5.74) is -0.727. The second kappa shape index (κ2) is 6.44. The molecule has 0 spiro atoms. The van der Waals surface area contributed by atoms with Crippen LogP contribution in [0, 0.1) is 5.41 Å². The predicted molar refractivity (Wildman–Crippen MR) is 93.2 cm³/mol. The third-order valence-electron chi connectivity index (χ3n) is 4.88. The Bertz CT molecular complexity index is 771. The molecule has 0 saturated carbocycles. The molecule has 0 bridgehead atoms. The van der Waals surface area contributed by atoms with Gasteiger partial charge < -0.3 is 14.7 Å². The number of halogens is 4. The Labute approximate surface area is 155 Å². The summed E-state index contributed by atoms with van der Waals surface area (Å²) in [6, 6.07) is 12.2. The van der Waals surface area contributed by atoms with Gasteiger partial charge in [0.25, 0.3) is 0 Å². The van der Waals surface area contributed by atoms with E-state index in [1.54, 1.807) is 24.3 Å². The van der Waals surface area contributed by atoms with E-state index in [4.69, 9.17) is 11.6 Å². The second-order valence-electron chi connectivity index (χ2n) is 7.02. The monoisotopic (exact) mass is 385 g/mol. The summed E-state index contributed by atoms with van der Waals surface area (Å²) in [7, 11) is 1.95. The fraction of sp³-hybridized carbons (Fsp3) is 0.368. The van der Waals surface area contributed by atoms with Crippen LogP contribution in [0.3, 0.4) is 0 Å². The van der Waals surface area contributed by atoms with Gasteiger partial charge in [0, 0.05) is 23.5 Å². The van der Waals surface area contributed by atoms with Crippen molar-refractivity contribution < 1.29 is 23.0 Å². The normalized spacial score (nSPS) is 19.5. The molecule has 0 aliphatic carbocycles. The smallest absolute Gasteiger partial charge is 0.406 e. The third kappa shape index (κ3) is 3.41. The van der Waals surface area contributed by atoms with E-state index in [-0.39, 0.29) is 5.75 Å². The number of likely N-dealkylation sites (tertiary alicyclic amines) is 1. The topological polar surface area (TPSA) is 32.7 Å². The fourth-order valence-electron chi connectivity index (χ4n) is 3.83. The van der Waals surface area contributed by atoms with E-state index in [1.165, 1.54) is 24.3 Å². The molecule has 0 aromatic heterocycles. The van der Waals surface area contributed by atoms with Gasteiger partial charge in [-0.25, -0.2) is 0 Å². The molecule has 1 fully saturated rings. The van der Waals surface area contributed by atoms with Crippen molar-refractivity contribution in [1.29, 1.82) is 0 Å². The van der Waals surface area contributed by atoms with Gasteiger partial charge in [0.2, 0.25) is 0 Å². The Morgan fingerprint density at radius 2 is 1.46 bits per heavy atom. The van der Waals surface area contributed by atoms with Gasteiger partial charge in [-0.05, 0) is 42.4 Å². The summed E-state index contributed by atoms with van der Waals surface area (Å²) in [4.78, 5) is 2.07. The molecule has 3 nitrogen and oxygen atoms in total. The van der Waals surface area contributed by atoms with Crippen molar-refractivity contribution in [2.45, 2.75) is 18.9 Å². The number of nitrogens with zero attached hydrogens (tertiary/aromatic N) is 1. The summed E-state index contributed by atoms with van der Waals surface area (Å²) in [5, 5.41) is 12.3. The molecule has 0 amide bonds. The number of benzene rings is 2. The molecule has 3 rings (SSSR count). The Kier molecular flexibility index (Phi) is 4.71. The van der Waals surface area contributed by atoms with E-state index in [0.717, 1.165) is 0 Å². The van der Waals surface area contributed by atoms with Crippen molar-refractivity contribution >= 4 is 11.6 Å². The van der Waals surface area contributed by atoms with Gasteiger partial charge in [-0.1, -0.05) is 42.8 Å². The summed E-state index contributed by atoms with van der Waals surface area (Å²) >= 11 is 5.96. The lowest BCUT2D eigenvalue weighted by molar-refractivity contribution is -0.274. The maximum absolute atomic E-state index is 12.4. The molecule has 26 heavy (non-hydrogen) atoms. The van der Waals surface area contributed by atoms with Crippen LogP contribution in [0.5, 0.6) is 5.75 Å². The molecule has 7 heteroatoms. The summed E-state index contributed by atoms with van der Waals surface area (Å²) in [6.45, 7) is 3.25. The van der Waals surface area contributed by atoms with Gasteiger partial charge in [0.15, 0.2) is 0 Å². The van der Waals surface area contributed by atoms with Crippen LogP contribution in [0.25, 0.3) is 0 Å². The maximum atomic E-state index is 12.4. The van der Waals surface area contributed by atoms with Crippen molar-refractivity contribution in [3.05, 3.63) is 64.7 Å². The molecule has 1 unspecified atom stereocenters. The lowest BCUT2D eigenvalue weighted by Gasteiger charge is -2.56. The summed E-state index contributed by atoms with van der Waals surface area (Å²) < 4.78 is 41.1. The Balaban J connectivity index is 2.03. The number of aliphatic hydroxyl groups is 1. The molecule has 140 valence electrons. The first-order chi connectivity index (χ1) is 12.0. The molecule has 1 saturated heterocycles. The van der Waals surface area contributed by atoms with Gasteiger partial charge in [0.1, 0.15) is 11.4 Å². The zero-order valence-electron chi connectivity index (χ0n) is 14.3. The van der Waals surface area contributed by atoms with Crippen LogP contribution in [0.1, 0.15) is 18.1 Å². The lowest BCUT2D eigenvalue weighted by Crippen LogP contribution is -2.63. The second-order valence-corrected chi connectivity index (χ2v) is 7.46. The van der Waals surface area contributed by atoms with Crippen molar-refractivity contribution in [3.8, 4) is 5.75 Å². The minimum atomic E-state index is -4.75. The summed E-state index contributed by atoms with van der Waals surface area (Å²) in [5.74, 6) is -0.324. The number of ether oxygens (including phenoxy) is 1. The predicted octanol–water partition coefficient (Wildman–Crippen LogP) is 4.43. The van der Waals surface area contributed by atoms with E-state index in [2.05, 4.69) is 9.64 Å². The SMILES string of the molecule is CN1CC(C)(C(O)(c2ccc(Cl)cc2)c2ccc(OC(F)(F)F)cc2)C1. The summed E-state index contributed by atoms with van der Waals surface area (Å²) in [6.07, 6.45) is -4.75. The average molecular weight is 386 g/mol. The number of rotatable bonds is 4. The molecular weight excluding hydrogens is 367 g/mol. The highest BCUT2D eigenvalue weighted by atomic mass is 35.5.